The van der Waals surface area contributed by atoms with E-state index in [1.807, 2.05) is 0 Å². The van der Waals surface area contributed by atoms with Crippen LogP contribution in [0.2, 0.25) is 0 Å². The zero-order chi connectivity index (χ0) is 17.6. The van der Waals surface area contributed by atoms with E-state index in [2.05, 4.69) is 4.99 Å². The largest absolute Gasteiger partial charge is 0.440 e. The van der Waals surface area contributed by atoms with Gasteiger partial charge in [0.15, 0.2) is 9.84 Å². The summed E-state index contributed by atoms with van der Waals surface area (Å²) >= 11 is 0. The number of alkyl halides is 3. The lowest BCUT2D eigenvalue weighted by Crippen LogP contribution is -2.57. The van der Waals surface area contributed by atoms with Crippen molar-refractivity contribution in [1.82, 2.24) is 4.90 Å². The summed E-state index contributed by atoms with van der Waals surface area (Å²) in [6, 6.07) is 5.33. The van der Waals surface area contributed by atoms with E-state index >= 15 is 0 Å². The average molecular weight is 358 g/mol. The van der Waals surface area contributed by atoms with Crippen LogP contribution in [-0.2, 0) is 9.84 Å². The molecule has 0 bridgehead atoms. The van der Waals surface area contributed by atoms with Crippen LogP contribution in [0.3, 0.4) is 0 Å². The molecule has 0 aromatic heterocycles. The molecule has 128 valence electrons. The van der Waals surface area contributed by atoms with Gasteiger partial charge in [0, 0.05) is 6.20 Å². The van der Waals surface area contributed by atoms with Crippen LogP contribution in [-0.4, -0.2) is 48.0 Å². The van der Waals surface area contributed by atoms with E-state index in [4.69, 9.17) is 0 Å². The molecule has 2 aliphatic heterocycles. The van der Waals surface area contributed by atoms with Crippen molar-refractivity contribution >= 4 is 15.7 Å². The molecule has 0 aliphatic carbocycles. The molecule has 9 heteroatoms. The smallest absolute Gasteiger partial charge is 0.360 e. The van der Waals surface area contributed by atoms with Crippen molar-refractivity contribution in [2.45, 2.75) is 22.8 Å². The Bertz CT molecular complexity index is 831. The second-order valence-electron chi connectivity index (χ2n) is 5.41. The first kappa shape index (κ1) is 16.7. The zero-order valence-corrected chi connectivity index (χ0v) is 13.0. The molecule has 2 atom stereocenters. The van der Waals surface area contributed by atoms with Gasteiger partial charge in [-0.25, -0.2) is 13.4 Å². The molecule has 0 saturated carbocycles. The highest BCUT2D eigenvalue weighted by atomic mass is 32.2. The third kappa shape index (κ3) is 2.63. The normalized spacial score (nSPS) is 26.4. The van der Waals surface area contributed by atoms with Crippen LogP contribution in [0.5, 0.6) is 0 Å². The molecular formula is C15H13F3N2O3S. The lowest BCUT2D eigenvalue weighted by molar-refractivity contribution is -0.264. The molecule has 0 unspecified atom stereocenters. The number of halogens is 3. The van der Waals surface area contributed by atoms with Crippen LogP contribution in [0.15, 0.2) is 64.6 Å². The number of hydrogen-bond donors (Lipinski definition) is 1. The number of allylic oxidation sites excluding steroid dienone is 2. The summed E-state index contributed by atoms with van der Waals surface area (Å²) in [5, 5.41) is 10.1. The monoisotopic (exact) mass is 358 g/mol. The van der Waals surface area contributed by atoms with Crippen LogP contribution in [0.4, 0.5) is 13.2 Å². The predicted molar refractivity (Wildman–Crippen MR) is 80.8 cm³/mol. The summed E-state index contributed by atoms with van der Waals surface area (Å²) in [6.45, 7) is 0. The van der Waals surface area contributed by atoms with E-state index in [-0.39, 0.29) is 10.7 Å². The highest BCUT2D eigenvalue weighted by Crippen LogP contribution is 2.42. The molecule has 0 radical (unpaired) electrons. The number of rotatable bonds is 3. The Hall–Kier alpha value is -2.13. The van der Waals surface area contributed by atoms with E-state index in [0.717, 1.165) is 4.90 Å². The maximum absolute atomic E-state index is 13.4. The van der Waals surface area contributed by atoms with Crippen molar-refractivity contribution in [2.24, 2.45) is 4.99 Å². The van der Waals surface area contributed by atoms with Crippen molar-refractivity contribution < 1.29 is 26.7 Å². The standard InChI is InChI=1S/C15H13F3N2O3S/c16-15(17,18)14(21)12(20-9-5-4-8-13(20)19-14)10-24(22,23)11-6-2-1-3-7-11/h1-9,12,21H,10H2/t12-,14-/m0/s1. The van der Waals surface area contributed by atoms with Crippen molar-refractivity contribution in [1.29, 1.82) is 0 Å². The second-order valence-corrected chi connectivity index (χ2v) is 7.45. The molecule has 0 amide bonds. The Labute approximate surface area is 136 Å². The number of nitrogens with zero attached hydrogens (tertiary/aromatic N) is 2. The van der Waals surface area contributed by atoms with Crippen LogP contribution in [0, 0.1) is 0 Å². The van der Waals surface area contributed by atoms with Crippen LogP contribution in [0.25, 0.3) is 0 Å². The fourth-order valence-corrected chi connectivity index (χ4v) is 4.20. The topological polar surface area (TPSA) is 70.0 Å². The third-order valence-electron chi connectivity index (χ3n) is 3.85. The molecule has 1 aromatic rings. The summed E-state index contributed by atoms with van der Waals surface area (Å²) in [5.74, 6) is -1.07. The summed E-state index contributed by atoms with van der Waals surface area (Å²) in [6.07, 6.45) is 0.346. The minimum atomic E-state index is -5.12. The third-order valence-corrected chi connectivity index (χ3v) is 5.59. The van der Waals surface area contributed by atoms with Crippen molar-refractivity contribution in [3.05, 3.63) is 54.8 Å². The lowest BCUT2D eigenvalue weighted by atomic mass is 10.1. The Morgan fingerprint density at radius 1 is 1.21 bits per heavy atom. The van der Waals surface area contributed by atoms with Gasteiger partial charge < -0.3 is 10.0 Å². The number of amidine groups is 1. The number of fused-ring (bicyclic) bond motifs is 1. The molecule has 0 saturated heterocycles. The first-order valence-electron chi connectivity index (χ1n) is 6.95. The van der Waals surface area contributed by atoms with E-state index in [1.165, 1.54) is 48.7 Å². The molecular weight excluding hydrogens is 345 g/mol. The van der Waals surface area contributed by atoms with Gasteiger partial charge >= 0.3 is 6.18 Å². The maximum atomic E-state index is 13.4. The quantitative estimate of drug-likeness (QED) is 0.896. The molecule has 0 fully saturated rings. The fourth-order valence-electron chi connectivity index (χ4n) is 2.63. The first-order chi connectivity index (χ1) is 11.2. The molecule has 5 nitrogen and oxygen atoms in total. The number of aliphatic imine (C=N–C) groups is 1. The Morgan fingerprint density at radius 2 is 1.88 bits per heavy atom. The van der Waals surface area contributed by atoms with E-state index < -0.39 is 33.5 Å². The minimum absolute atomic E-state index is 0.112. The zero-order valence-electron chi connectivity index (χ0n) is 12.2. The van der Waals surface area contributed by atoms with Gasteiger partial charge in [-0.1, -0.05) is 24.3 Å². The van der Waals surface area contributed by atoms with E-state index in [1.54, 1.807) is 6.07 Å². The van der Waals surface area contributed by atoms with E-state index in [9.17, 15) is 26.7 Å². The summed E-state index contributed by atoms with van der Waals surface area (Å²) < 4.78 is 65.1. The molecule has 1 N–H and O–H groups in total. The summed E-state index contributed by atoms with van der Waals surface area (Å²) in [5.41, 5.74) is -3.50. The summed E-state index contributed by atoms with van der Waals surface area (Å²) in [4.78, 5) is 4.27. The van der Waals surface area contributed by atoms with Gasteiger partial charge in [0.2, 0.25) is 0 Å². The Kier molecular flexibility index (Phi) is 3.80. The molecule has 24 heavy (non-hydrogen) atoms. The van der Waals surface area contributed by atoms with Gasteiger partial charge in [0.05, 0.1) is 10.6 Å². The Morgan fingerprint density at radius 3 is 2.50 bits per heavy atom. The lowest BCUT2D eigenvalue weighted by Gasteiger charge is -2.33. The molecule has 2 heterocycles. The SMILES string of the molecule is O=S(=O)(C[C@@H]1N2C=CC=CC2=N[C@@]1(O)C(F)(F)F)c1ccccc1. The van der Waals surface area contributed by atoms with Gasteiger partial charge in [-0.05, 0) is 24.3 Å². The number of benzene rings is 1. The molecule has 1 aromatic carbocycles. The highest BCUT2D eigenvalue weighted by molar-refractivity contribution is 7.91. The average Bonchev–Trinajstić information content (AvgIpc) is 2.81. The summed E-state index contributed by atoms with van der Waals surface area (Å²) in [7, 11) is -4.06. The van der Waals surface area contributed by atoms with Gasteiger partial charge in [-0.3, -0.25) is 0 Å². The van der Waals surface area contributed by atoms with Gasteiger partial charge in [0.25, 0.3) is 5.72 Å². The number of aliphatic hydroxyl groups is 1. The van der Waals surface area contributed by atoms with Crippen molar-refractivity contribution in [2.75, 3.05) is 5.75 Å². The number of hydrogen-bond acceptors (Lipinski definition) is 5. The van der Waals surface area contributed by atoms with Crippen LogP contribution < -0.4 is 0 Å². The van der Waals surface area contributed by atoms with Gasteiger partial charge in [-0.2, -0.15) is 13.2 Å². The van der Waals surface area contributed by atoms with Crippen molar-refractivity contribution in [3.8, 4) is 0 Å². The second kappa shape index (κ2) is 5.45. The minimum Gasteiger partial charge on any atom is -0.360 e. The Balaban J connectivity index is 2.02. The van der Waals surface area contributed by atoms with Gasteiger partial charge in [-0.15, -0.1) is 0 Å². The highest BCUT2D eigenvalue weighted by Gasteiger charge is 2.65. The number of sulfone groups is 1. The first-order valence-corrected chi connectivity index (χ1v) is 8.60. The van der Waals surface area contributed by atoms with Crippen LogP contribution >= 0.6 is 0 Å². The molecule has 0 spiro atoms. The van der Waals surface area contributed by atoms with Gasteiger partial charge in [0.1, 0.15) is 11.9 Å². The molecule has 2 aliphatic rings. The predicted octanol–water partition coefficient (Wildman–Crippen LogP) is 1.88. The van der Waals surface area contributed by atoms with Crippen molar-refractivity contribution in [3.63, 3.8) is 0 Å². The molecule has 3 rings (SSSR count). The van der Waals surface area contributed by atoms with Crippen LogP contribution in [0.1, 0.15) is 0 Å². The van der Waals surface area contributed by atoms with E-state index in [0.29, 0.717) is 0 Å². The fraction of sp³-hybridized carbons (Fsp3) is 0.267. The maximum Gasteiger partial charge on any atom is 0.440 e.